The predicted molar refractivity (Wildman–Crippen MR) is 91.0 cm³/mol. The molecule has 0 saturated carbocycles. The second-order valence-electron chi connectivity index (χ2n) is 6.05. The molecule has 1 atom stereocenters. The van der Waals surface area contributed by atoms with Crippen molar-refractivity contribution in [2.45, 2.75) is 38.8 Å². The average Bonchev–Trinajstić information content (AvgIpc) is 2.56. The summed E-state index contributed by atoms with van der Waals surface area (Å²) in [4.78, 5) is 24.3. The van der Waals surface area contributed by atoms with E-state index in [4.69, 9.17) is 18.5 Å². The Balaban J connectivity index is 2.83. The number of esters is 1. The summed E-state index contributed by atoms with van der Waals surface area (Å²) < 4.78 is 32.4. The van der Waals surface area contributed by atoms with Crippen molar-refractivity contribution in [2.75, 3.05) is 14.2 Å². The molecule has 8 nitrogen and oxygen atoms in total. The van der Waals surface area contributed by atoms with Gasteiger partial charge in [0.2, 0.25) is 5.78 Å². The minimum atomic E-state index is -3.97. The maximum absolute atomic E-state index is 12.6. The minimum absolute atomic E-state index is 0.0159. The third-order valence-electron chi connectivity index (χ3n) is 2.92. The van der Waals surface area contributed by atoms with Crippen LogP contribution < -0.4 is 5.32 Å². The van der Waals surface area contributed by atoms with Crippen LogP contribution in [-0.2, 0) is 34.5 Å². The normalized spacial score (nSPS) is 13.0. The molecule has 1 aromatic carbocycles. The Bertz CT molecular complexity index is 619. The third kappa shape index (κ3) is 6.86. The lowest BCUT2D eigenvalue weighted by atomic mass is 10.2. The topological polar surface area (TPSA) is 100 Å². The number of amides is 1. The molecule has 0 aliphatic rings. The average molecular weight is 373 g/mol. The number of hydrogen-bond acceptors (Lipinski definition) is 7. The lowest BCUT2D eigenvalue weighted by Gasteiger charge is -2.27. The first-order chi connectivity index (χ1) is 11.6. The molecule has 0 radical (unpaired) electrons. The maximum Gasteiger partial charge on any atom is 0.408 e. The molecule has 1 N–H and O–H groups in total. The zero-order valence-corrected chi connectivity index (χ0v) is 15.9. The molecule has 1 amide bonds. The molecule has 0 aliphatic carbocycles. The highest BCUT2D eigenvalue weighted by molar-refractivity contribution is 7.55. The van der Waals surface area contributed by atoms with Gasteiger partial charge < -0.3 is 18.5 Å². The van der Waals surface area contributed by atoms with E-state index < -0.39 is 31.0 Å². The molecule has 0 bridgehead atoms. The summed E-state index contributed by atoms with van der Waals surface area (Å²) in [5.41, 5.74) is -0.0924. The Morgan fingerprint density at radius 3 is 2.16 bits per heavy atom. The van der Waals surface area contributed by atoms with Crippen molar-refractivity contribution in [3.8, 4) is 0 Å². The van der Waals surface area contributed by atoms with Gasteiger partial charge >= 0.3 is 19.7 Å². The number of rotatable bonds is 7. The second-order valence-corrected chi connectivity index (χ2v) is 8.37. The molecule has 0 saturated heterocycles. The summed E-state index contributed by atoms with van der Waals surface area (Å²) in [5, 5.41) is 2.20. The Labute approximate surface area is 147 Å². The lowest BCUT2D eigenvalue weighted by molar-refractivity contribution is -0.155. The van der Waals surface area contributed by atoms with Gasteiger partial charge in [0.15, 0.2) is 0 Å². The molecule has 140 valence electrons. The van der Waals surface area contributed by atoms with Gasteiger partial charge in [-0.15, -0.1) is 0 Å². The van der Waals surface area contributed by atoms with Gasteiger partial charge in [-0.2, -0.15) is 0 Å². The van der Waals surface area contributed by atoms with Crippen LogP contribution in [0.4, 0.5) is 4.79 Å². The van der Waals surface area contributed by atoms with Gasteiger partial charge in [-0.1, -0.05) is 30.3 Å². The molecular weight excluding hydrogens is 349 g/mol. The fourth-order valence-corrected chi connectivity index (χ4v) is 2.93. The fourth-order valence-electron chi connectivity index (χ4n) is 1.79. The molecule has 1 aromatic rings. The summed E-state index contributed by atoms with van der Waals surface area (Å²) in [6.07, 6.45) is -0.950. The van der Waals surface area contributed by atoms with Gasteiger partial charge in [0.05, 0.1) is 0 Å². The highest BCUT2D eigenvalue weighted by atomic mass is 31.2. The monoisotopic (exact) mass is 373 g/mol. The van der Waals surface area contributed by atoms with Crippen LogP contribution in [0.5, 0.6) is 0 Å². The van der Waals surface area contributed by atoms with Crippen LogP contribution in [0.25, 0.3) is 0 Å². The van der Waals surface area contributed by atoms with Crippen molar-refractivity contribution < 1.29 is 32.7 Å². The molecule has 1 rings (SSSR count). The van der Waals surface area contributed by atoms with Crippen molar-refractivity contribution in [3.05, 3.63) is 35.9 Å². The number of carbonyl (C=O) groups excluding carboxylic acids is 2. The minimum Gasteiger partial charge on any atom is -0.458 e. The van der Waals surface area contributed by atoms with E-state index in [1.165, 1.54) is 0 Å². The van der Waals surface area contributed by atoms with Crippen molar-refractivity contribution in [1.29, 1.82) is 0 Å². The van der Waals surface area contributed by atoms with Crippen LogP contribution in [0.2, 0.25) is 0 Å². The highest BCUT2D eigenvalue weighted by Crippen LogP contribution is 2.51. The van der Waals surface area contributed by atoms with Crippen molar-refractivity contribution in [1.82, 2.24) is 5.32 Å². The van der Waals surface area contributed by atoms with Crippen LogP contribution in [0.15, 0.2) is 30.3 Å². The number of benzene rings is 1. The van der Waals surface area contributed by atoms with Crippen LogP contribution in [0, 0.1) is 0 Å². The Morgan fingerprint density at radius 2 is 1.68 bits per heavy atom. The van der Waals surface area contributed by atoms with Crippen LogP contribution in [-0.4, -0.2) is 37.7 Å². The molecule has 9 heteroatoms. The third-order valence-corrected chi connectivity index (χ3v) is 4.91. The number of nitrogens with one attached hydrogen (secondary N) is 1. The van der Waals surface area contributed by atoms with E-state index in [1.54, 1.807) is 45.0 Å². The zero-order valence-electron chi connectivity index (χ0n) is 15.0. The summed E-state index contributed by atoms with van der Waals surface area (Å²) in [7, 11) is -1.75. The SMILES string of the molecule is COP(=O)(OC)C(NC(=O)OCc1ccccc1)C(=O)OC(C)(C)C. The van der Waals surface area contributed by atoms with Gasteiger partial charge in [0, 0.05) is 14.2 Å². The van der Waals surface area contributed by atoms with Crippen LogP contribution in [0.1, 0.15) is 26.3 Å². The Hall–Kier alpha value is -1.89. The van der Waals surface area contributed by atoms with Gasteiger partial charge in [-0.05, 0) is 26.3 Å². The first-order valence-electron chi connectivity index (χ1n) is 7.52. The van der Waals surface area contributed by atoms with Gasteiger partial charge in [-0.25, -0.2) is 9.59 Å². The first-order valence-corrected chi connectivity index (χ1v) is 9.14. The standard InChI is InChI=1S/C16H24NO7P/c1-16(2,3)24-14(18)13(25(20,21-4)22-5)17-15(19)23-11-12-9-7-6-8-10-12/h6-10,13H,11H2,1-5H3,(H,17,19). The van der Waals surface area contributed by atoms with E-state index in [-0.39, 0.29) is 6.61 Å². The summed E-state index contributed by atoms with van der Waals surface area (Å²) in [6.45, 7) is 4.90. The highest BCUT2D eigenvalue weighted by Gasteiger charge is 2.44. The van der Waals surface area contributed by atoms with E-state index in [0.717, 1.165) is 19.8 Å². The van der Waals surface area contributed by atoms with E-state index in [9.17, 15) is 14.2 Å². The lowest BCUT2D eigenvalue weighted by Crippen LogP contribution is -2.44. The first kappa shape index (κ1) is 21.2. The van der Waals surface area contributed by atoms with Crippen molar-refractivity contribution in [2.24, 2.45) is 0 Å². The molecule has 0 spiro atoms. The van der Waals surface area contributed by atoms with Crippen molar-refractivity contribution in [3.63, 3.8) is 0 Å². The van der Waals surface area contributed by atoms with Crippen LogP contribution >= 0.6 is 7.60 Å². The zero-order chi connectivity index (χ0) is 19.1. The second kappa shape index (κ2) is 8.99. The quantitative estimate of drug-likeness (QED) is 0.579. The van der Waals surface area contributed by atoms with Gasteiger partial charge in [0.25, 0.3) is 0 Å². The molecule has 25 heavy (non-hydrogen) atoms. The summed E-state index contributed by atoms with van der Waals surface area (Å²) >= 11 is 0. The molecule has 0 aromatic heterocycles. The Kier molecular flexibility index (Phi) is 7.60. The smallest absolute Gasteiger partial charge is 0.408 e. The molecule has 0 aliphatic heterocycles. The van der Waals surface area contributed by atoms with E-state index in [1.807, 2.05) is 6.07 Å². The number of ether oxygens (including phenoxy) is 2. The number of carbonyl (C=O) groups is 2. The predicted octanol–water partition coefficient (Wildman–Crippen LogP) is 3.07. The summed E-state index contributed by atoms with van der Waals surface area (Å²) in [6, 6.07) is 8.96. The molecule has 0 fully saturated rings. The van der Waals surface area contributed by atoms with Gasteiger partial charge in [0.1, 0.15) is 12.2 Å². The molecule has 0 heterocycles. The van der Waals surface area contributed by atoms with Gasteiger partial charge in [-0.3, -0.25) is 9.88 Å². The number of alkyl carbamates (subject to hydrolysis) is 1. The maximum atomic E-state index is 12.6. The largest absolute Gasteiger partial charge is 0.458 e. The van der Waals surface area contributed by atoms with Crippen LogP contribution in [0.3, 0.4) is 0 Å². The Morgan fingerprint density at radius 1 is 1.12 bits per heavy atom. The van der Waals surface area contributed by atoms with E-state index >= 15 is 0 Å². The molecular formula is C16H24NO7P. The van der Waals surface area contributed by atoms with E-state index in [0.29, 0.717) is 0 Å². The van der Waals surface area contributed by atoms with Crippen molar-refractivity contribution >= 4 is 19.7 Å². The molecule has 1 unspecified atom stereocenters. The summed E-state index contributed by atoms with van der Waals surface area (Å²) in [5.74, 6) is -2.60. The number of hydrogen-bond donors (Lipinski definition) is 1. The van der Waals surface area contributed by atoms with E-state index in [2.05, 4.69) is 5.32 Å². The fraction of sp³-hybridized carbons (Fsp3) is 0.500.